The van der Waals surface area contributed by atoms with E-state index < -0.39 is 113 Å². The zero-order valence-electron chi connectivity index (χ0n) is 53.2. The van der Waals surface area contributed by atoms with E-state index in [9.17, 15) is 94.5 Å². The molecule has 21 heteroatoms. The Morgan fingerprint density at radius 3 is 0.875 bits per heavy atom. The van der Waals surface area contributed by atoms with Gasteiger partial charge in [0.25, 0.3) is 0 Å². The average Bonchev–Trinajstić information content (AvgIpc) is 1.41. The van der Waals surface area contributed by atoms with Gasteiger partial charge in [0.15, 0.2) is 34.7 Å². The molecule has 21 atom stereocenters. The van der Waals surface area contributed by atoms with Crippen LogP contribution in [0.15, 0.2) is 34.9 Å². The first kappa shape index (κ1) is 73.2. The standard InChI is InChI=1S/3C21H30O5.C4H6O4.2Na/c3*1-19-7-5-13(23)9-12(19)3-4-14-15-6-8-21(26,17(25)11-22)20(15,2)10-16(24)18(14)19;5-3(6)1-2-4(7)8;;/h3*9,14-16,18,22,24,26H,3-8,10-11H2,1-2H3;1-2H2,(H,5,6)(H,7,8);;/q;;;;2*+1/p-2/t3*14?,15?,16-,18?,19-,20-,21-;;;/m000.../s1. The number of carbonyl (C=O) groups is 8. The van der Waals surface area contributed by atoms with E-state index in [0.29, 0.717) is 57.8 Å². The first-order valence-corrected chi connectivity index (χ1v) is 31.9. The molecule has 12 aliphatic carbocycles. The molecule has 0 radical (unpaired) electrons. The van der Waals surface area contributed by atoms with Crippen LogP contribution in [0.2, 0.25) is 0 Å². The number of allylic oxidation sites excluding steroid dienone is 3. The number of aliphatic carboxylic acids is 2. The van der Waals surface area contributed by atoms with Crippen LogP contribution in [0.4, 0.5) is 0 Å². The third kappa shape index (κ3) is 11.7. The monoisotopic (exact) mass is 1250 g/mol. The van der Waals surface area contributed by atoms with Crippen molar-refractivity contribution in [2.75, 3.05) is 19.8 Å². The van der Waals surface area contributed by atoms with Crippen molar-refractivity contribution >= 4 is 46.6 Å². The zero-order valence-corrected chi connectivity index (χ0v) is 57.2. The largest absolute Gasteiger partial charge is 1.00 e. The van der Waals surface area contributed by atoms with Crippen molar-refractivity contribution in [3.8, 4) is 0 Å². The van der Waals surface area contributed by atoms with E-state index in [-0.39, 0.29) is 146 Å². The van der Waals surface area contributed by atoms with Gasteiger partial charge < -0.3 is 65.8 Å². The third-order valence-electron chi connectivity index (χ3n) is 26.5. The molecule has 0 aliphatic heterocycles. The van der Waals surface area contributed by atoms with E-state index in [0.717, 1.165) is 77.0 Å². The molecular formula is C67H94Na2O19. The number of Topliss-reactive ketones (excluding diaryl/α,β-unsaturated/α-hetero) is 3. The Morgan fingerprint density at radius 1 is 0.420 bits per heavy atom. The van der Waals surface area contributed by atoms with Gasteiger partial charge in [-0.15, -0.1) is 0 Å². The molecular weight excluding hydrogens is 1150 g/mol. The molecule has 9 unspecified atom stereocenters. The summed E-state index contributed by atoms with van der Waals surface area (Å²) in [5, 5.41) is 114. The maximum Gasteiger partial charge on any atom is 1.00 e. The van der Waals surface area contributed by atoms with Crippen molar-refractivity contribution in [3.05, 3.63) is 34.9 Å². The van der Waals surface area contributed by atoms with E-state index in [1.165, 1.54) is 16.7 Å². The van der Waals surface area contributed by atoms with E-state index in [1.54, 1.807) is 18.2 Å². The maximum absolute atomic E-state index is 12.4. The minimum absolute atomic E-state index is 0. The first-order valence-electron chi connectivity index (χ1n) is 31.9. The summed E-state index contributed by atoms with van der Waals surface area (Å²) in [5.74, 6) is -2.31. The minimum Gasteiger partial charge on any atom is -0.550 e. The molecule has 0 bridgehead atoms. The van der Waals surface area contributed by atoms with Crippen LogP contribution in [0.5, 0.6) is 0 Å². The summed E-state index contributed by atoms with van der Waals surface area (Å²) in [6.07, 6.45) is 16.3. The van der Waals surface area contributed by atoms with Gasteiger partial charge in [0.05, 0.1) is 18.3 Å². The predicted octanol–water partition coefficient (Wildman–Crippen LogP) is -3.38. The van der Waals surface area contributed by atoms with E-state index in [1.807, 2.05) is 20.8 Å². The molecule has 9 saturated carbocycles. The number of ketones is 6. The van der Waals surface area contributed by atoms with Gasteiger partial charge in [0.1, 0.15) is 36.6 Å². The topological polar surface area (TPSA) is 365 Å². The first-order chi connectivity index (χ1) is 40.1. The second kappa shape index (κ2) is 26.5. The summed E-state index contributed by atoms with van der Waals surface area (Å²) < 4.78 is 0. The smallest absolute Gasteiger partial charge is 0.550 e. The van der Waals surface area contributed by atoms with Gasteiger partial charge in [0.2, 0.25) is 0 Å². The molecule has 0 spiro atoms. The van der Waals surface area contributed by atoms with E-state index in [4.69, 9.17) is 0 Å². The van der Waals surface area contributed by atoms with Crippen molar-refractivity contribution in [1.29, 1.82) is 0 Å². The number of carbonyl (C=O) groups excluding carboxylic acids is 8. The Bertz CT molecular complexity index is 2580. The van der Waals surface area contributed by atoms with E-state index in [2.05, 4.69) is 20.8 Å². The van der Waals surface area contributed by atoms with Gasteiger partial charge in [-0.3, -0.25) is 28.8 Å². The van der Waals surface area contributed by atoms with Crippen molar-refractivity contribution in [2.45, 2.75) is 224 Å². The summed E-state index contributed by atoms with van der Waals surface area (Å²) in [5.41, 5.74) is -3.70. The van der Waals surface area contributed by atoms with Gasteiger partial charge in [-0.25, -0.2) is 0 Å². The van der Waals surface area contributed by atoms with Crippen LogP contribution in [0.25, 0.3) is 0 Å². The Labute approximate surface area is 561 Å². The molecule has 9 N–H and O–H groups in total. The Balaban J connectivity index is 0.000000175. The van der Waals surface area contributed by atoms with Crippen molar-refractivity contribution in [3.63, 3.8) is 0 Å². The van der Waals surface area contributed by atoms with Gasteiger partial charge >= 0.3 is 59.1 Å². The predicted molar refractivity (Wildman–Crippen MR) is 305 cm³/mol. The summed E-state index contributed by atoms with van der Waals surface area (Å²) in [7, 11) is 0. The SMILES string of the molecule is C[C@]12CCC(=O)C=C1CCC1C2[C@@H](O)C[C@@]2(C)C1CC[C@]2(O)C(=O)CO.C[C@]12CCC(=O)C=C1CCC1C2[C@@H](O)C[C@@]2(C)C1CC[C@]2(O)C(=O)CO.C[C@]12CCC(=O)C=C1CCC1C2[C@@H](O)C[C@@]2(C)C1CC[C@]2(O)C(=O)CO.O=C([O-])CCC(=O)[O-].[Na+].[Na+]. The van der Waals surface area contributed by atoms with E-state index >= 15 is 0 Å². The van der Waals surface area contributed by atoms with Crippen molar-refractivity contribution < 1.29 is 154 Å². The molecule has 88 heavy (non-hydrogen) atoms. The van der Waals surface area contributed by atoms with Crippen LogP contribution in [0.1, 0.15) is 189 Å². The second-order valence-electron chi connectivity index (χ2n) is 29.9. The van der Waals surface area contributed by atoms with Crippen molar-refractivity contribution in [1.82, 2.24) is 0 Å². The fraction of sp³-hybridized carbons (Fsp3) is 0.791. The molecule has 19 nitrogen and oxygen atoms in total. The number of carboxylic acid groups (broad SMARTS) is 2. The van der Waals surface area contributed by atoms with Crippen LogP contribution in [0, 0.1) is 85.8 Å². The number of aliphatic hydroxyl groups excluding tert-OH is 6. The number of hydrogen-bond acceptors (Lipinski definition) is 19. The average molecular weight is 1250 g/mol. The molecule has 12 rings (SSSR count). The number of fused-ring (bicyclic) bond motifs is 15. The molecule has 0 aromatic rings. The zero-order chi connectivity index (χ0) is 63.3. The molecule has 478 valence electrons. The Kier molecular flexibility index (Phi) is 22.1. The molecule has 0 heterocycles. The quantitative estimate of drug-likeness (QED) is 0.102. The normalized spacial score (nSPS) is 45.5. The fourth-order valence-corrected chi connectivity index (χ4v) is 22.0. The van der Waals surface area contributed by atoms with Crippen LogP contribution in [-0.4, -0.2) is 148 Å². The molecule has 9 fully saturated rings. The number of hydrogen-bond donors (Lipinski definition) is 9. The minimum atomic E-state index is -1.54. The van der Waals surface area contributed by atoms with Gasteiger partial charge in [-0.1, -0.05) is 58.3 Å². The summed E-state index contributed by atoms with van der Waals surface area (Å²) >= 11 is 0. The number of rotatable bonds is 9. The number of aliphatic hydroxyl groups is 9. The van der Waals surface area contributed by atoms with Crippen LogP contribution < -0.4 is 69.3 Å². The molecule has 0 saturated heterocycles. The van der Waals surface area contributed by atoms with Gasteiger partial charge in [0, 0.05) is 47.4 Å². The third-order valence-corrected chi connectivity index (χ3v) is 26.5. The van der Waals surface area contributed by atoms with Gasteiger partial charge in [-0.2, -0.15) is 0 Å². The maximum atomic E-state index is 12.4. The van der Waals surface area contributed by atoms with Gasteiger partial charge in [-0.05, 0) is 216 Å². The molecule has 0 aromatic carbocycles. The van der Waals surface area contributed by atoms with Crippen molar-refractivity contribution in [2.24, 2.45) is 85.8 Å². The summed E-state index contributed by atoms with van der Waals surface area (Å²) in [6, 6.07) is 0. The van der Waals surface area contributed by atoms with Crippen LogP contribution in [-0.2, 0) is 38.4 Å². The Morgan fingerprint density at radius 2 is 0.659 bits per heavy atom. The van der Waals surface area contributed by atoms with Crippen LogP contribution in [0.3, 0.4) is 0 Å². The number of carboxylic acids is 2. The molecule has 12 aliphatic rings. The second-order valence-corrected chi connectivity index (χ2v) is 29.9. The summed E-state index contributed by atoms with van der Waals surface area (Å²) in [4.78, 5) is 91.8. The summed E-state index contributed by atoms with van der Waals surface area (Å²) in [6.45, 7) is 10.4. The van der Waals surface area contributed by atoms with Crippen LogP contribution >= 0.6 is 0 Å². The molecule has 0 amide bonds. The Hall–Kier alpha value is -2.18. The fourth-order valence-electron chi connectivity index (χ4n) is 22.0. The molecule has 0 aromatic heterocycles.